The minimum absolute atomic E-state index is 0.102. The lowest BCUT2D eigenvalue weighted by atomic mass is 9.91. The monoisotopic (exact) mass is 478 g/mol. The minimum Gasteiger partial charge on any atom is -0.388 e. The van der Waals surface area contributed by atoms with Gasteiger partial charge in [-0.25, -0.2) is 4.98 Å². The van der Waals surface area contributed by atoms with Gasteiger partial charge in [0, 0.05) is 43.9 Å². The molecule has 1 aromatic carbocycles. The molecule has 9 nitrogen and oxygen atoms in total. The summed E-state index contributed by atoms with van der Waals surface area (Å²) in [6.07, 6.45) is 7.10. The van der Waals surface area contributed by atoms with Crippen LogP contribution in [-0.4, -0.2) is 79.5 Å². The van der Waals surface area contributed by atoms with Gasteiger partial charge in [-0.15, -0.1) is 0 Å². The first-order valence-electron chi connectivity index (χ1n) is 12.1. The summed E-state index contributed by atoms with van der Waals surface area (Å²) in [5, 5.41) is 15.4. The smallest absolute Gasteiger partial charge is 0.253 e. The van der Waals surface area contributed by atoms with Gasteiger partial charge >= 0.3 is 0 Å². The maximum absolute atomic E-state index is 12.8. The lowest BCUT2D eigenvalue weighted by molar-refractivity contribution is -0.135. The second-order valence-electron chi connectivity index (χ2n) is 9.63. The molecule has 3 aromatic rings. The van der Waals surface area contributed by atoms with Gasteiger partial charge in [0.25, 0.3) is 5.56 Å². The Kier molecular flexibility index (Phi) is 7.77. The van der Waals surface area contributed by atoms with E-state index in [0.29, 0.717) is 44.5 Å². The zero-order valence-corrected chi connectivity index (χ0v) is 20.5. The number of carbonyl (C=O) groups excluding carboxylic acids is 1. The van der Waals surface area contributed by atoms with Gasteiger partial charge < -0.3 is 14.9 Å². The first kappa shape index (κ1) is 24.8. The fourth-order valence-electron chi connectivity index (χ4n) is 4.32. The molecule has 0 aliphatic carbocycles. The maximum atomic E-state index is 12.8. The number of aryl methyl sites for hydroxylation is 1. The third-order valence-corrected chi connectivity index (χ3v) is 6.57. The van der Waals surface area contributed by atoms with Crippen LogP contribution >= 0.6 is 0 Å². The van der Waals surface area contributed by atoms with Gasteiger partial charge in [-0.2, -0.15) is 5.10 Å². The van der Waals surface area contributed by atoms with Crippen LogP contribution in [0.4, 0.5) is 0 Å². The van der Waals surface area contributed by atoms with Crippen molar-refractivity contribution >= 4 is 5.91 Å². The van der Waals surface area contributed by atoms with Gasteiger partial charge in [0.2, 0.25) is 5.91 Å². The normalized spacial score (nSPS) is 15.5. The second kappa shape index (κ2) is 11.0. The Hall–Kier alpha value is -3.30. The van der Waals surface area contributed by atoms with Gasteiger partial charge in [0.1, 0.15) is 0 Å². The van der Waals surface area contributed by atoms with Gasteiger partial charge in [-0.05, 0) is 38.9 Å². The van der Waals surface area contributed by atoms with Gasteiger partial charge in [-0.3, -0.25) is 18.8 Å². The van der Waals surface area contributed by atoms with Crippen LogP contribution in [0.5, 0.6) is 0 Å². The molecule has 1 saturated heterocycles. The number of carbonyl (C=O) groups is 1. The molecule has 35 heavy (non-hydrogen) atoms. The van der Waals surface area contributed by atoms with Crippen LogP contribution in [0.2, 0.25) is 0 Å². The highest BCUT2D eigenvalue weighted by Crippen LogP contribution is 2.24. The molecular formula is C26H34N6O3. The van der Waals surface area contributed by atoms with E-state index in [4.69, 9.17) is 0 Å². The van der Waals surface area contributed by atoms with Gasteiger partial charge in [0.15, 0.2) is 0 Å². The molecule has 0 spiro atoms. The van der Waals surface area contributed by atoms with Crippen molar-refractivity contribution in [1.82, 2.24) is 29.1 Å². The molecule has 0 unspecified atom stereocenters. The highest BCUT2D eigenvalue weighted by Gasteiger charge is 2.34. The molecule has 0 bridgehead atoms. The molecule has 3 heterocycles. The Morgan fingerprint density at radius 1 is 1.17 bits per heavy atom. The van der Waals surface area contributed by atoms with E-state index < -0.39 is 5.60 Å². The summed E-state index contributed by atoms with van der Waals surface area (Å²) in [7, 11) is 4.01. The topological polar surface area (TPSA) is 96.5 Å². The molecule has 1 fully saturated rings. The van der Waals surface area contributed by atoms with Crippen molar-refractivity contribution in [2.75, 3.05) is 33.7 Å². The van der Waals surface area contributed by atoms with Crippen LogP contribution in [0.3, 0.4) is 0 Å². The first-order valence-corrected chi connectivity index (χ1v) is 12.1. The van der Waals surface area contributed by atoms with E-state index in [1.807, 2.05) is 60.2 Å². The summed E-state index contributed by atoms with van der Waals surface area (Å²) < 4.78 is 3.28. The quantitative estimate of drug-likeness (QED) is 0.503. The molecule has 4 rings (SSSR count). The molecule has 1 aliphatic heterocycles. The summed E-state index contributed by atoms with van der Waals surface area (Å²) in [5.74, 6) is 0.102. The van der Waals surface area contributed by atoms with E-state index in [-0.39, 0.29) is 18.0 Å². The summed E-state index contributed by atoms with van der Waals surface area (Å²) in [6, 6.07) is 11.4. The van der Waals surface area contributed by atoms with Crippen LogP contribution in [0, 0.1) is 0 Å². The highest BCUT2D eigenvalue weighted by molar-refractivity contribution is 5.76. The predicted molar refractivity (Wildman–Crippen MR) is 134 cm³/mol. The number of aliphatic hydroxyl groups is 1. The number of amides is 1. The van der Waals surface area contributed by atoms with Crippen molar-refractivity contribution in [2.45, 2.75) is 44.4 Å². The van der Waals surface area contributed by atoms with Crippen LogP contribution < -0.4 is 5.56 Å². The first-order chi connectivity index (χ1) is 16.8. The molecule has 9 heteroatoms. The van der Waals surface area contributed by atoms with E-state index in [0.717, 1.165) is 24.2 Å². The van der Waals surface area contributed by atoms with Crippen molar-refractivity contribution < 1.29 is 9.90 Å². The molecule has 186 valence electrons. The maximum Gasteiger partial charge on any atom is 0.253 e. The standard InChI is InChI=1S/C26H34N6O3/c1-29(2)14-15-32-18-22(17-28-32)23-16-25(34)31(20-27-23)19-26(35)10-12-30(13-11-26)24(33)9-8-21-6-4-3-5-7-21/h3-7,16-18,20,35H,8-15,19H2,1-2H3. The zero-order chi connectivity index (χ0) is 24.8. The lowest BCUT2D eigenvalue weighted by Crippen LogP contribution is -2.49. The number of piperidine rings is 1. The van der Waals surface area contributed by atoms with E-state index in [1.54, 1.807) is 6.20 Å². The Morgan fingerprint density at radius 3 is 2.60 bits per heavy atom. The van der Waals surface area contributed by atoms with E-state index in [9.17, 15) is 14.7 Å². The Labute approximate surface area is 205 Å². The SMILES string of the molecule is CN(C)CCn1cc(-c2cc(=O)n(CC3(O)CCN(C(=O)CCc4ccccc4)CC3)cn2)cn1. The second-order valence-corrected chi connectivity index (χ2v) is 9.63. The number of aromatic nitrogens is 4. The van der Waals surface area contributed by atoms with E-state index in [1.165, 1.54) is 17.0 Å². The van der Waals surface area contributed by atoms with Gasteiger partial charge in [-0.1, -0.05) is 30.3 Å². The Balaban J connectivity index is 1.31. The van der Waals surface area contributed by atoms with Crippen LogP contribution in [0.25, 0.3) is 11.3 Å². The Bertz CT molecular complexity index is 1180. The van der Waals surface area contributed by atoms with Crippen LogP contribution in [0.1, 0.15) is 24.8 Å². The third kappa shape index (κ3) is 6.64. The van der Waals surface area contributed by atoms with Crippen molar-refractivity contribution in [3.05, 3.63) is 71.0 Å². The summed E-state index contributed by atoms with van der Waals surface area (Å²) in [4.78, 5) is 33.7. The van der Waals surface area contributed by atoms with Crippen molar-refractivity contribution in [1.29, 1.82) is 0 Å². The van der Waals surface area contributed by atoms with Crippen molar-refractivity contribution in [2.24, 2.45) is 0 Å². The van der Waals surface area contributed by atoms with E-state index >= 15 is 0 Å². The number of hydrogen-bond acceptors (Lipinski definition) is 6. The molecule has 0 radical (unpaired) electrons. The number of nitrogens with zero attached hydrogens (tertiary/aromatic N) is 6. The van der Waals surface area contributed by atoms with E-state index in [2.05, 4.69) is 15.0 Å². The van der Waals surface area contributed by atoms with Crippen molar-refractivity contribution in [3.8, 4) is 11.3 Å². The van der Waals surface area contributed by atoms with Crippen molar-refractivity contribution in [3.63, 3.8) is 0 Å². The fourth-order valence-corrected chi connectivity index (χ4v) is 4.32. The van der Waals surface area contributed by atoms with Crippen LogP contribution in [-0.2, 0) is 24.3 Å². The fraction of sp³-hybridized carbons (Fsp3) is 0.462. The average molecular weight is 479 g/mol. The number of rotatable bonds is 9. The number of likely N-dealkylation sites (N-methyl/N-ethyl adjacent to an activating group) is 1. The average Bonchev–Trinajstić information content (AvgIpc) is 3.33. The predicted octanol–water partition coefficient (Wildman–Crippen LogP) is 1.65. The lowest BCUT2D eigenvalue weighted by Gasteiger charge is -2.38. The molecule has 1 aliphatic rings. The number of benzene rings is 1. The minimum atomic E-state index is -1.04. The summed E-state index contributed by atoms with van der Waals surface area (Å²) in [5.41, 5.74) is 1.24. The molecule has 1 N–H and O–H groups in total. The Morgan fingerprint density at radius 2 is 1.91 bits per heavy atom. The zero-order valence-electron chi connectivity index (χ0n) is 20.5. The molecule has 0 saturated carbocycles. The third-order valence-electron chi connectivity index (χ3n) is 6.57. The molecule has 0 atom stereocenters. The molecule has 2 aromatic heterocycles. The number of hydrogen-bond donors (Lipinski definition) is 1. The molecular weight excluding hydrogens is 444 g/mol. The largest absolute Gasteiger partial charge is 0.388 e. The summed E-state index contributed by atoms with van der Waals surface area (Å²) in [6.45, 7) is 2.74. The van der Waals surface area contributed by atoms with Crippen LogP contribution in [0.15, 0.2) is 59.9 Å². The van der Waals surface area contributed by atoms with Gasteiger partial charge in [0.05, 0.1) is 36.9 Å². The molecule has 1 amide bonds. The highest BCUT2D eigenvalue weighted by atomic mass is 16.3. The number of likely N-dealkylation sites (tertiary alicyclic amines) is 1. The summed E-state index contributed by atoms with van der Waals surface area (Å²) >= 11 is 0.